The van der Waals surface area contributed by atoms with Crippen LogP contribution in [0, 0.1) is 5.92 Å². The Bertz CT molecular complexity index is 2820. The molecule has 8 amide bonds. The van der Waals surface area contributed by atoms with Crippen LogP contribution in [0.3, 0.4) is 0 Å². The summed E-state index contributed by atoms with van der Waals surface area (Å²) in [5, 5.41) is 33.8. The van der Waals surface area contributed by atoms with Crippen molar-refractivity contribution >= 4 is 75.0 Å². The average Bonchev–Trinajstić information content (AvgIpc) is 2.87. The number of fused-ring (bicyclic) bond motifs is 2. The summed E-state index contributed by atoms with van der Waals surface area (Å²) in [7, 11) is 0. The molecule has 87 heavy (non-hydrogen) atoms. The highest BCUT2D eigenvalue weighted by Crippen LogP contribution is 2.22. The van der Waals surface area contributed by atoms with Gasteiger partial charge in [-0.25, -0.2) is 4.79 Å². The van der Waals surface area contributed by atoms with E-state index in [1.54, 1.807) is 12.4 Å². The topological polar surface area (TPSA) is 458 Å². The fraction of sp³-hybridized carbons (Fsp3) is 0.590. The van der Waals surface area contributed by atoms with E-state index in [0.717, 1.165) is 27.4 Å². The van der Waals surface area contributed by atoms with Gasteiger partial charge in [-0.1, -0.05) is 56.7 Å². The fourth-order valence-electron chi connectivity index (χ4n) is 10.2. The SMILES string of the molecule is CC(C)C[C@H](NC(=O)[C@H](CCCCN)NC(=O)[C@H](CCCCN)NC(=O)[C@H](Cc1c[nH]c2ccccc12)NC(=O)[C@@H](N)CCCCN)C(=O)N[C@@H](C)C(=O)N[C@@H](CCCCN)C(=O)N[C@@H](CCCCN)C(=O)N[C@@H](Cc1c[nH]c2ccccc12)C(=O)O. The van der Waals surface area contributed by atoms with Crippen LogP contribution >= 0.6 is 0 Å². The third-order valence-corrected chi connectivity index (χ3v) is 15.2. The van der Waals surface area contributed by atoms with Gasteiger partial charge >= 0.3 is 5.97 Å². The van der Waals surface area contributed by atoms with E-state index < -0.39 is 108 Å². The molecule has 4 aromatic rings. The molecule has 0 aliphatic heterocycles. The van der Waals surface area contributed by atoms with Gasteiger partial charge in [0.1, 0.15) is 48.3 Å². The monoisotopic (exact) mass is 1210 g/mol. The van der Waals surface area contributed by atoms with Crippen molar-refractivity contribution in [3.05, 3.63) is 72.1 Å². The first-order valence-corrected chi connectivity index (χ1v) is 30.8. The highest BCUT2D eigenvalue weighted by Gasteiger charge is 2.35. The van der Waals surface area contributed by atoms with Gasteiger partial charge in [-0.3, -0.25) is 38.4 Å². The molecule has 0 saturated heterocycles. The predicted octanol–water partition coefficient (Wildman–Crippen LogP) is 0.436. The minimum Gasteiger partial charge on any atom is -0.480 e. The second-order valence-corrected chi connectivity index (χ2v) is 22.8. The van der Waals surface area contributed by atoms with Crippen molar-refractivity contribution in [2.24, 2.45) is 40.3 Å². The summed E-state index contributed by atoms with van der Waals surface area (Å²) in [6.45, 7) is 6.70. The number of nitrogens with two attached hydrogens (primary N) is 6. The lowest BCUT2D eigenvalue weighted by Crippen LogP contribution is -2.60. The molecule has 0 radical (unpaired) electrons. The first-order chi connectivity index (χ1) is 41.7. The van der Waals surface area contributed by atoms with E-state index in [0.29, 0.717) is 109 Å². The van der Waals surface area contributed by atoms with Crippen molar-refractivity contribution in [1.82, 2.24) is 52.5 Å². The van der Waals surface area contributed by atoms with Crippen LogP contribution in [-0.2, 0) is 56.0 Å². The molecule has 0 fully saturated rings. The Balaban J connectivity index is 1.51. The molecule has 23 N–H and O–H groups in total. The number of benzene rings is 2. The Morgan fingerprint density at radius 3 is 1.11 bits per heavy atom. The highest BCUT2D eigenvalue weighted by atomic mass is 16.4. The number of aromatic amines is 2. The van der Waals surface area contributed by atoms with Gasteiger partial charge in [0.2, 0.25) is 47.3 Å². The van der Waals surface area contributed by atoms with Crippen LogP contribution in [0.5, 0.6) is 0 Å². The van der Waals surface area contributed by atoms with Crippen LogP contribution in [-0.4, -0.2) is 155 Å². The number of hydrogen-bond acceptors (Lipinski definition) is 15. The molecule has 9 atom stereocenters. The van der Waals surface area contributed by atoms with Crippen LogP contribution < -0.4 is 76.9 Å². The summed E-state index contributed by atoms with van der Waals surface area (Å²) >= 11 is 0. The smallest absolute Gasteiger partial charge is 0.326 e. The van der Waals surface area contributed by atoms with Crippen molar-refractivity contribution < 1.29 is 48.3 Å². The average molecular weight is 1220 g/mol. The zero-order valence-corrected chi connectivity index (χ0v) is 50.9. The number of aliphatic carboxylic acids is 1. The number of amides is 8. The van der Waals surface area contributed by atoms with Gasteiger partial charge in [-0.2, -0.15) is 0 Å². The summed E-state index contributed by atoms with van der Waals surface area (Å²) < 4.78 is 0. The van der Waals surface area contributed by atoms with Crippen molar-refractivity contribution in [1.29, 1.82) is 0 Å². The van der Waals surface area contributed by atoms with Crippen molar-refractivity contribution in [2.45, 2.75) is 191 Å². The largest absolute Gasteiger partial charge is 0.480 e. The number of unbranched alkanes of at least 4 members (excludes halogenated alkanes) is 5. The molecule has 2 aromatic heterocycles. The van der Waals surface area contributed by atoms with Gasteiger partial charge in [0.15, 0.2) is 0 Å². The molecule has 2 aromatic carbocycles. The van der Waals surface area contributed by atoms with Gasteiger partial charge in [0.25, 0.3) is 0 Å². The number of carboxylic acids is 1. The minimum absolute atomic E-state index is 0.0472. The Labute approximate surface area is 509 Å². The van der Waals surface area contributed by atoms with Crippen molar-refractivity contribution in [3.63, 3.8) is 0 Å². The Hall–Kier alpha value is -7.49. The molecule has 0 unspecified atom stereocenters. The lowest BCUT2D eigenvalue weighted by molar-refractivity contribution is -0.142. The normalized spacial score (nSPS) is 14.6. The fourth-order valence-corrected chi connectivity index (χ4v) is 10.2. The zero-order chi connectivity index (χ0) is 63.8. The number of carbonyl (C=O) groups excluding carboxylic acids is 8. The Morgan fingerprint density at radius 2 is 0.724 bits per heavy atom. The molecule has 482 valence electrons. The third-order valence-electron chi connectivity index (χ3n) is 15.2. The predicted molar refractivity (Wildman–Crippen MR) is 335 cm³/mol. The van der Waals surface area contributed by atoms with E-state index in [1.165, 1.54) is 6.92 Å². The summed E-state index contributed by atoms with van der Waals surface area (Å²) in [6, 6.07) is 4.03. The molecule has 0 bridgehead atoms. The van der Waals surface area contributed by atoms with Crippen LogP contribution in [0.15, 0.2) is 60.9 Å². The summed E-state index contributed by atoms with van der Waals surface area (Å²) in [5.74, 6) is -7.04. The number of para-hydroxylation sites is 2. The summed E-state index contributed by atoms with van der Waals surface area (Å²) in [4.78, 5) is 132. The van der Waals surface area contributed by atoms with Gasteiger partial charge in [0.05, 0.1) is 6.04 Å². The van der Waals surface area contributed by atoms with E-state index in [9.17, 15) is 48.3 Å². The highest BCUT2D eigenvalue weighted by molar-refractivity contribution is 5.98. The molecule has 26 nitrogen and oxygen atoms in total. The van der Waals surface area contributed by atoms with Crippen LogP contribution in [0.25, 0.3) is 21.8 Å². The second-order valence-electron chi connectivity index (χ2n) is 22.8. The number of aromatic nitrogens is 2. The molecular weight excluding hydrogens is 1120 g/mol. The number of H-pyrrole nitrogens is 2. The van der Waals surface area contributed by atoms with Gasteiger partial charge < -0.3 is 92.0 Å². The number of carbonyl (C=O) groups is 9. The standard InChI is InChI=1S/C61H98N16O10/c1-37(2)32-50(59(84)70-38(3)53(78)71-46(23-9-14-28-63)55(80)73-49(26-12-17-31-66)58(83)77-52(61(86)87)34-40-36-69-45-22-7-5-19-42(40)45)76-57(82)48(25-11-16-30-65)72-56(81)47(24-10-15-29-64)74-60(85)51(75-54(79)43(67)20-8-13-27-62)33-39-35-68-44-21-6-4-18-41(39)44/h4-7,18-19,21-22,35-38,43,46-52,68-69H,8-17,20,23-34,62-67H2,1-3H3,(H,70,84)(H,71,78)(H,72,81)(H,73,80)(H,74,85)(H,75,79)(H,76,82)(H,77,83)(H,86,87)/t38-,43-,46-,47-,48-,49-,50-,51-,52-/m0/s1. The summed E-state index contributed by atoms with van der Waals surface area (Å²) in [6.07, 6.45) is 9.20. The molecule has 0 spiro atoms. The number of nitrogens with one attached hydrogen (secondary N) is 10. The molecule has 4 rings (SSSR count). The molecule has 0 saturated carbocycles. The van der Waals surface area contributed by atoms with E-state index in [4.69, 9.17) is 34.4 Å². The van der Waals surface area contributed by atoms with Gasteiger partial charge in [-0.05, 0) is 165 Å². The first-order valence-electron chi connectivity index (χ1n) is 30.8. The molecule has 2 heterocycles. The quantitative estimate of drug-likeness (QED) is 0.0267. The maximum Gasteiger partial charge on any atom is 0.326 e. The maximum absolute atomic E-state index is 14.5. The third kappa shape index (κ3) is 24.3. The second kappa shape index (κ2) is 38.6. The van der Waals surface area contributed by atoms with Crippen LogP contribution in [0.2, 0.25) is 0 Å². The van der Waals surface area contributed by atoms with E-state index in [1.807, 2.05) is 62.4 Å². The Morgan fingerprint density at radius 1 is 0.402 bits per heavy atom. The Kier molecular flexibility index (Phi) is 32.0. The van der Waals surface area contributed by atoms with Crippen LogP contribution in [0.1, 0.15) is 135 Å². The van der Waals surface area contributed by atoms with E-state index in [-0.39, 0.29) is 50.9 Å². The van der Waals surface area contributed by atoms with Gasteiger partial charge in [0, 0.05) is 47.0 Å². The first kappa shape index (κ1) is 72.0. The zero-order valence-electron chi connectivity index (χ0n) is 50.9. The number of hydrogen-bond donors (Lipinski definition) is 17. The van der Waals surface area contributed by atoms with Crippen molar-refractivity contribution in [3.8, 4) is 0 Å². The van der Waals surface area contributed by atoms with E-state index in [2.05, 4.69) is 52.5 Å². The lowest BCUT2D eigenvalue weighted by Gasteiger charge is -2.28. The summed E-state index contributed by atoms with van der Waals surface area (Å²) in [5.41, 5.74) is 38.2. The lowest BCUT2D eigenvalue weighted by atomic mass is 10.0. The van der Waals surface area contributed by atoms with Gasteiger partial charge in [-0.15, -0.1) is 0 Å². The molecule has 0 aliphatic carbocycles. The number of carboxylic acid groups (broad SMARTS) is 1. The maximum atomic E-state index is 14.5. The van der Waals surface area contributed by atoms with E-state index >= 15 is 0 Å². The molecular formula is C61H98N16O10. The number of rotatable bonds is 43. The molecule has 26 heteroatoms. The molecule has 0 aliphatic rings. The minimum atomic E-state index is -1.35. The van der Waals surface area contributed by atoms with Crippen molar-refractivity contribution in [2.75, 3.05) is 32.7 Å². The van der Waals surface area contributed by atoms with Crippen LogP contribution in [0.4, 0.5) is 0 Å².